The van der Waals surface area contributed by atoms with Crippen molar-refractivity contribution in [3.05, 3.63) is 101 Å². The second-order valence-corrected chi connectivity index (χ2v) is 11.7. The van der Waals surface area contributed by atoms with E-state index >= 15 is 4.39 Å². The smallest absolute Gasteiger partial charge is 0.261 e. The van der Waals surface area contributed by atoms with Crippen LogP contribution in [0.1, 0.15) is 30.3 Å². The number of carbonyl (C=O) groups is 1. The second kappa shape index (κ2) is 10.5. The first-order chi connectivity index (χ1) is 21.3. The fourth-order valence-corrected chi connectivity index (χ4v) is 6.62. The van der Waals surface area contributed by atoms with E-state index in [2.05, 4.69) is 26.8 Å². The molecule has 0 unspecified atom stereocenters. The van der Waals surface area contributed by atoms with Crippen molar-refractivity contribution in [1.29, 1.82) is 0 Å². The lowest BCUT2D eigenvalue weighted by atomic mass is 9.60. The Bertz CT molecular complexity index is 1990. The maximum Gasteiger partial charge on any atom is 0.261 e. The van der Waals surface area contributed by atoms with Crippen molar-refractivity contribution in [2.24, 2.45) is 12.5 Å². The van der Waals surface area contributed by atoms with Crippen LogP contribution in [0.4, 0.5) is 10.2 Å². The number of carbonyl (C=O) groups excluding carboxylic acids is 1. The van der Waals surface area contributed by atoms with Crippen molar-refractivity contribution in [3.63, 3.8) is 0 Å². The molecule has 1 aliphatic heterocycles. The van der Waals surface area contributed by atoms with Crippen molar-refractivity contribution in [3.8, 4) is 22.4 Å². The number of hydrogen-bond acceptors (Lipinski definition) is 7. The predicted molar refractivity (Wildman–Crippen MR) is 165 cm³/mol. The molecule has 2 aromatic carbocycles. The second-order valence-electron chi connectivity index (χ2n) is 11.7. The summed E-state index contributed by atoms with van der Waals surface area (Å²) in [6, 6.07) is 14.6. The third-order valence-electron chi connectivity index (χ3n) is 8.95. The zero-order valence-corrected chi connectivity index (χ0v) is 24.5. The molecule has 10 nitrogen and oxygen atoms in total. The number of fused-ring (bicyclic) bond motifs is 1. The topological polar surface area (TPSA) is 111 Å². The number of rotatable bonds is 7. The van der Waals surface area contributed by atoms with E-state index in [9.17, 15) is 9.59 Å². The van der Waals surface area contributed by atoms with Crippen molar-refractivity contribution in [2.75, 3.05) is 25.5 Å². The Hall–Kier alpha value is -5.19. The van der Waals surface area contributed by atoms with Crippen LogP contribution in [0.2, 0.25) is 0 Å². The third kappa shape index (κ3) is 4.47. The summed E-state index contributed by atoms with van der Waals surface area (Å²) in [6.45, 7) is 4.99. The van der Waals surface area contributed by atoms with E-state index in [1.807, 2.05) is 35.0 Å². The zero-order valence-electron chi connectivity index (χ0n) is 24.5. The third-order valence-corrected chi connectivity index (χ3v) is 8.95. The molecule has 0 radical (unpaired) electrons. The van der Waals surface area contributed by atoms with Gasteiger partial charge in [-0.25, -0.2) is 24.0 Å². The van der Waals surface area contributed by atoms with Gasteiger partial charge in [0.25, 0.3) is 5.56 Å². The normalized spacial score (nSPS) is 15.7. The van der Waals surface area contributed by atoms with Crippen LogP contribution in [0.5, 0.6) is 0 Å². The van der Waals surface area contributed by atoms with Gasteiger partial charge in [-0.15, -0.1) is 0 Å². The monoisotopic (exact) mass is 590 g/mol. The zero-order chi connectivity index (χ0) is 30.6. The molecule has 3 aromatic heterocycles. The van der Waals surface area contributed by atoms with Crippen LogP contribution in [0.15, 0.2) is 78.5 Å². The molecule has 1 N–H and O–H groups in total. The largest absolute Gasteiger partial charge is 0.372 e. The van der Waals surface area contributed by atoms with E-state index < -0.39 is 5.82 Å². The summed E-state index contributed by atoms with van der Waals surface area (Å²) in [5.74, 6) is 0.608. The van der Waals surface area contributed by atoms with E-state index in [1.54, 1.807) is 31.1 Å². The van der Waals surface area contributed by atoms with Gasteiger partial charge in [-0.05, 0) is 42.2 Å². The van der Waals surface area contributed by atoms with Gasteiger partial charge in [-0.1, -0.05) is 43.0 Å². The Kier molecular flexibility index (Phi) is 6.60. The summed E-state index contributed by atoms with van der Waals surface area (Å²) in [4.78, 5) is 40.5. The number of benzene rings is 2. The van der Waals surface area contributed by atoms with Crippen LogP contribution in [0.25, 0.3) is 33.4 Å². The van der Waals surface area contributed by atoms with E-state index in [1.165, 1.54) is 29.2 Å². The lowest BCUT2D eigenvalue weighted by molar-refractivity contribution is -0.148. The molecule has 11 heteroatoms. The van der Waals surface area contributed by atoms with Gasteiger partial charge in [-0.2, -0.15) is 5.10 Å². The molecule has 1 saturated carbocycles. The SMILES string of the molecule is C=CC(=O)N1CC2(CC(n3nc(-c4ccc(-c5cnc(Cc6ccccc6)n(C)c5=O)cc4F)c4c(NC)ncnc43)C2)C1. The number of halogens is 1. The van der Waals surface area contributed by atoms with Crippen molar-refractivity contribution in [2.45, 2.75) is 25.3 Å². The van der Waals surface area contributed by atoms with Gasteiger partial charge in [0.15, 0.2) is 5.65 Å². The van der Waals surface area contributed by atoms with Gasteiger partial charge >= 0.3 is 0 Å². The molecule has 0 bridgehead atoms. The molecule has 4 heterocycles. The first-order valence-electron chi connectivity index (χ1n) is 14.5. The first-order valence-corrected chi connectivity index (χ1v) is 14.5. The molecule has 1 amide bonds. The van der Waals surface area contributed by atoms with Crippen LogP contribution in [-0.2, 0) is 18.3 Å². The number of hydrogen-bond donors (Lipinski definition) is 1. The lowest BCUT2D eigenvalue weighted by Crippen LogP contribution is -2.63. The molecule has 1 spiro atoms. The van der Waals surface area contributed by atoms with Crippen LogP contribution in [0, 0.1) is 11.2 Å². The summed E-state index contributed by atoms with van der Waals surface area (Å²) >= 11 is 0. The fourth-order valence-electron chi connectivity index (χ4n) is 6.62. The van der Waals surface area contributed by atoms with Gasteiger partial charge in [0.2, 0.25) is 5.91 Å². The standard InChI is InChI=1S/C33H31FN8O2/c1-4-27(43)41-17-33(18-41)14-22(15-33)42-31-28(30(35-2)37-19-38-31)29(39-42)23-11-10-21(13-25(23)34)24-16-36-26(40(3)32(24)44)12-20-8-6-5-7-9-20/h4-11,13,16,19,22H,1,12,14-15,17-18H2,2-3H3,(H,35,37,38). The minimum atomic E-state index is -0.516. The summed E-state index contributed by atoms with van der Waals surface area (Å²) in [5.41, 5.74) is 2.95. The van der Waals surface area contributed by atoms with Gasteiger partial charge in [0.1, 0.15) is 29.5 Å². The molecule has 0 atom stereocenters. The minimum Gasteiger partial charge on any atom is -0.372 e. The maximum absolute atomic E-state index is 15.9. The Labute approximate surface area is 252 Å². The maximum atomic E-state index is 15.9. The highest BCUT2D eigenvalue weighted by atomic mass is 19.1. The van der Waals surface area contributed by atoms with E-state index in [0.29, 0.717) is 59.0 Å². The van der Waals surface area contributed by atoms with Crippen molar-refractivity contribution in [1.82, 2.24) is 34.2 Å². The van der Waals surface area contributed by atoms with Crippen molar-refractivity contribution >= 4 is 22.8 Å². The molecule has 1 saturated heterocycles. The van der Waals surface area contributed by atoms with Crippen LogP contribution in [-0.4, -0.2) is 60.2 Å². The molecular weight excluding hydrogens is 559 g/mol. The molecule has 2 aliphatic rings. The van der Waals surface area contributed by atoms with Gasteiger partial charge in [-0.3, -0.25) is 14.2 Å². The first kappa shape index (κ1) is 27.6. The summed E-state index contributed by atoms with van der Waals surface area (Å²) < 4.78 is 19.3. The quantitative estimate of drug-likeness (QED) is 0.280. The van der Waals surface area contributed by atoms with Crippen LogP contribution >= 0.6 is 0 Å². The Morgan fingerprint density at radius 2 is 1.89 bits per heavy atom. The fraction of sp³-hybridized carbons (Fsp3) is 0.273. The highest BCUT2D eigenvalue weighted by Gasteiger charge is 2.54. The summed E-state index contributed by atoms with van der Waals surface area (Å²) in [5, 5.41) is 8.61. The Morgan fingerprint density at radius 1 is 1.11 bits per heavy atom. The highest BCUT2D eigenvalue weighted by Crippen LogP contribution is 2.55. The number of anilines is 1. The van der Waals surface area contributed by atoms with Crippen molar-refractivity contribution < 1.29 is 9.18 Å². The Morgan fingerprint density at radius 3 is 2.59 bits per heavy atom. The molecule has 2 fully saturated rings. The average Bonchev–Trinajstić information content (AvgIpc) is 3.38. The molecule has 44 heavy (non-hydrogen) atoms. The molecule has 7 rings (SSSR count). The molecular formula is C33H31FN8O2. The van der Waals surface area contributed by atoms with Gasteiger partial charge in [0.05, 0.1) is 17.0 Å². The molecule has 222 valence electrons. The Balaban J connectivity index is 1.21. The lowest BCUT2D eigenvalue weighted by Gasteiger charge is -2.58. The summed E-state index contributed by atoms with van der Waals surface area (Å²) in [7, 11) is 3.44. The number of nitrogens with zero attached hydrogens (tertiary/aromatic N) is 7. The number of nitrogens with one attached hydrogen (secondary N) is 1. The van der Waals surface area contributed by atoms with Crippen LogP contribution in [0.3, 0.4) is 0 Å². The van der Waals surface area contributed by atoms with Gasteiger partial charge < -0.3 is 10.2 Å². The minimum absolute atomic E-state index is 0.0482. The number of amides is 1. The number of likely N-dealkylation sites (tertiary alicyclic amines) is 1. The molecule has 5 aromatic rings. The van der Waals surface area contributed by atoms with E-state index in [0.717, 1.165) is 18.4 Å². The van der Waals surface area contributed by atoms with E-state index in [4.69, 9.17) is 5.10 Å². The predicted octanol–water partition coefficient (Wildman–Crippen LogP) is 4.38. The average molecular weight is 591 g/mol. The van der Waals surface area contributed by atoms with Gasteiger partial charge in [0, 0.05) is 50.8 Å². The molecule has 1 aliphatic carbocycles. The highest BCUT2D eigenvalue weighted by molar-refractivity contribution is 5.99. The summed E-state index contributed by atoms with van der Waals surface area (Å²) in [6.07, 6.45) is 6.55. The van der Waals surface area contributed by atoms with E-state index in [-0.39, 0.29) is 28.5 Å². The number of aromatic nitrogens is 6. The van der Waals surface area contributed by atoms with Crippen LogP contribution < -0.4 is 10.9 Å².